The second-order valence-corrected chi connectivity index (χ2v) is 5.48. The standard InChI is InChI=1S/C14H16ClN3O3/c15-9-3-4-12-11(8-9)18(6-7-21-12)14(20)17-10-2-1-5-16-13(10)19/h3-4,8,10H,1-2,5-7H2,(H,16,19)(H,17,20)/t10-/m1/s1. The number of ether oxygens (including phenoxy) is 1. The van der Waals surface area contributed by atoms with Gasteiger partial charge in [-0.05, 0) is 31.0 Å². The molecule has 2 aliphatic heterocycles. The van der Waals surface area contributed by atoms with Crippen molar-refractivity contribution in [1.29, 1.82) is 0 Å². The molecule has 6 nitrogen and oxygen atoms in total. The molecular weight excluding hydrogens is 294 g/mol. The number of benzene rings is 1. The number of fused-ring (bicyclic) bond motifs is 1. The maximum Gasteiger partial charge on any atom is 0.322 e. The Morgan fingerprint density at radius 1 is 1.48 bits per heavy atom. The van der Waals surface area contributed by atoms with Crippen molar-refractivity contribution in [2.45, 2.75) is 18.9 Å². The number of nitrogens with zero attached hydrogens (tertiary/aromatic N) is 1. The summed E-state index contributed by atoms with van der Waals surface area (Å²) in [7, 11) is 0. The fourth-order valence-corrected chi connectivity index (χ4v) is 2.70. The van der Waals surface area contributed by atoms with Gasteiger partial charge < -0.3 is 15.4 Å². The predicted molar refractivity (Wildman–Crippen MR) is 78.9 cm³/mol. The van der Waals surface area contributed by atoms with Crippen LogP contribution in [-0.4, -0.2) is 37.7 Å². The summed E-state index contributed by atoms with van der Waals surface area (Å²) in [6.45, 7) is 1.51. The van der Waals surface area contributed by atoms with Crippen LogP contribution < -0.4 is 20.3 Å². The fraction of sp³-hybridized carbons (Fsp3) is 0.429. The van der Waals surface area contributed by atoms with Crippen molar-refractivity contribution in [3.63, 3.8) is 0 Å². The Balaban J connectivity index is 1.77. The SMILES string of the molecule is O=C1NCCC[C@H]1NC(=O)N1CCOc2ccc(Cl)cc21. The van der Waals surface area contributed by atoms with Gasteiger partial charge in [0.2, 0.25) is 5.91 Å². The van der Waals surface area contributed by atoms with Crippen LogP contribution >= 0.6 is 11.6 Å². The van der Waals surface area contributed by atoms with Crippen molar-refractivity contribution in [2.75, 3.05) is 24.6 Å². The second kappa shape index (κ2) is 5.81. The lowest BCUT2D eigenvalue weighted by Gasteiger charge is -2.32. The Labute approximate surface area is 127 Å². The Kier molecular flexibility index (Phi) is 3.88. The fourth-order valence-electron chi connectivity index (χ4n) is 2.54. The molecule has 0 spiro atoms. The van der Waals surface area contributed by atoms with Crippen molar-refractivity contribution in [3.8, 4) is 5.75 Å². The van der Waals surface area contributed by atoms with Crippen LogP contribution in [0, 0.1) is 0 Å². The van der Waals surface area contributed by atoms with E-state index in [0.717, 1.165) is 6.42 Å². The molecule has 0 radical (unpaired) electrons. The van der Waals surface area contributed by atoms with Crippen molar-refractivity contribution in [3.05, 3.63) is 23.2 Å². The van der Waals surface area contributed by atoms with E-state index in [1.54, 1.807) is 23.1 Å². The van der Waals surface area contributed by atoms with Gasteiger partial charge >= 0.3 is 6.03 Å². The van der Waals surface area contributed by atoms with Gasteiger partial charge in [-0.2, -0.15) is 0 Å². The smallest absolute Gasteiger partial charge is 0.322 e. The first-order valence-corrected chi connectivity index (χ1v) is 7.31. The lowest BCUT2D eigenvalue weighted by Crippen LogP contribution is -2.54. The lowest BCUT2D eigenvalue weighted by molar-refractivity contribution is -0.124. The molecule has 1 saturated heterocycles. The van der Waals surface area contributed by atoms with Gasteiger partial charge in [0, 0.05) is 11.6 Å². The molecule has 1 aromatic carbocycles. The molecule has 112 valence electrons. The molecule has 2 heterocycles. The average molecular weight is 310 g/mol. The van der Waals surface area contributed by atoms with Gasteiger partial charge in [-0.3, -0.25) is 9.69 Å². The van der Waals surface area contributed by atoms with Crippen molar-refractivity contribution >= 4 is 29.2 Å². The number of rotatable bonds is 1. The highest BCUT2D eigenvalue weighted by molar-refractivity contribution is 6.31. The van der Waals surface area contributed by atoms with E-state index in [-0.39, 0.29) is 11.9 Å². The van der Waals surface area contributed by atoms with Gasteiger partial charge in [0.05, 0.1) is 12.2 Å². The van der Waals surface area contributed by atoms with Gasteiger partial charge in [-0.1, -0.05) is 11.6 Å². The molecular formula is C14H16ClN3O3. The number of amides is 3. The first-order chi connectivity index (χ1) is 10.1. The molecule has 0 aliphatic carbocycles. The van der Waals surface area contributed by atoms with E-state index >= 15 is 0 Å². The zero-order valence-electron chi connectivity index (χ0n) is 11.4. The first kappa shape index (κ1) is 14.0. The number of anilines is 1. The van der Waals surface area contributed by atoms with Crippen LogP contribution in [0.2, 0.25) is 5.02 Å². The molecule has 0 unspecified atom stereocenters. The third kappa shape index (κ3) is 2.90. The van der Waals surface area contributed by atoms with Crippen LogP contribution in [0.4, 0.5) is 10.5 Å². The van der Waals surface area contributed by atoms with E-state index in [2.05, 4.69) is 10.6 Å². The number of carbonyl (C=O) groups excluding carboxylic acids is 2. The number of piperidine rings is 1. The number of hydrogen-bond acceptors (Lipinski definition) is 3. The van der Waals surface area contributed by atoms with Gasteiger partial charge in [0.1, 0.15) is 18.4 Å². The van der Waals surface area contributed by atoms with Crippen LogP contribution in [0.1, 0.15) is 12.8 Å². The predicted octanol–water partition coefficient (Wildman–Crippen LogP) is 1.53. The van der Waals surface area contributed by atoms with Crippen LogP contribution in [0.25, 0.3) is 0 Å². The number of carbonyl (C=O) groups is 2. The van der Waals surface area contributed by atoms with Gasteiger partial charge in [-0.15, -0.1) is 0 Å². The third-order valence-corrected chi connectivity index (χ3v) is 3.85. The maximum atomic E-state index is 12.4. The minimum Gasteiger partial charge on any atom is -0.490 e. The number of hydrogen-bond donors (Lipinski definition) is 2. The van der Waals surface area contributed by atoms with E-state index in [9.17, 15) is 9.59 Å². The van der Waals surface area contributed by atoms with E-state index < -0.39 is 6.04 Å². The quantitative estimate of drug-likeness (QED) is 0.826. The molecule has 0 bridgehead atoms. The van der Waals surface area contributed by atoms with Gasteiger partial charge in [-0.25, -0.2) is 4.79 Å². The minimum absolute atomic E-state index is 0.130. The lowest BCUT2D eigenvalue weighted by atomic mass is 10.1. The highest BCUT2D eigenvalue weighted by atomic mass is 35.5. The average Bonchev–Trinajstić information content (AvgIpc) is 2.49. The molecule has 3 rings (SSSR count). The summed E-state index contributed by atoms with van der Waals surface area (Å²) in [6, 6.07) is 4.37. The topological polar surface area (TPSA) is 70.7 Å². The minimum atomic E-state index is -0.475. The molecule has 1 fully saturated rings. The normalized spacial score (nSPS) is 21.1. The summed E-state index contributed by atoms with van der Waals surface area (Å²) in [6.07, 6.45) is 1.52. The molecule has 2 N–H and O–H groups in total. The summed E-state index contributed by atoms with van der Waals surface area (Å²) in [5.74, 6) is 0.489. The van der Waals surface area contributed by atoms with Crippen molar-refractivity contribution < 1.29 is 14.3 Å². The summed E-state index contributed by atoms with van der Waals surface area (Å²) < 4.78 is 5.51. The summed E-state index contributed by atoms with van der Waals surface area (Å²) in [5, 5.41) is 6.06. The molecule has 2 aliphatic rings. The largest absolute Gasteiger partial charge is 0.490 e. The van der Waals surface area contributed by atoms with Crippen molar-refractivity contribution in [2.24, 2.45) is 0 Å². The summed E-state index contributed by atoms with van der Waals surface area (Å²) >= 11 is 5.98. The highest BCUT2D eigenvalue weighted by Crippen LogP contribution is 2.34. The maximum absolute atomic E-state index is 12.4. The third-order valence-electron chi connectivity index (χ3n) is 3.61. The first-order valence-electron chi connectivity index (χ1n) is 6.93. The Hall–Kier alpha value is -1.95. The Bertz CT molecular complexity index is 579. The molecule has 0 aromatic heterocycles. The molecule has 21 heavy (non-hydrogen) atoms. The molecule has 3 amide bonds. The van der Waals surface area contributed by atoms with E-state index in [0.29, 0.717) is 42.6 Å². The number of nitrogens with one attached hydrogen (secondary N) is 2. The van der Waals surface area contributed by atoms with Crippen LogP contribution in [0.5, 0.6) is 5.75 Å². The van der Waals surface area contributed by atoms with E-state index in [1.165, 1.54) is 0 Å². The number of halogens is 1. The molecule has 1 aromatic rings. The van der Waals surface area contributed by atoms with Gasteiger partial charge in [0.25, 0.3) is 0 Å². The van der Waals surface area contributed by atoms with Gasteiger partial charge in [0.15, 0.2) is 0 Å². The molecule has 1 atom stereocenters. The van der Waals surface area contributed by atoms with E-state index in [1.807, 2.05) is 0 Å². The van der Waals surface area contributed by atoms with Crippen LogP contribution in [0.15, 0.2) is 18.2 Å². The summed E-state index contributed by atoms with van der Waals surface area (Å²) in [5.41, 5.74) is 0.627. The Morgan fingerprint density at radius 3 is 3.14 bits per heavy atom. The van der Waals surface area contributed by atoms with E-state index in [4.69, 9.17) is 16.3 Å². The Morgan fingerprint density at radius 2 is 2.33 bits per heavy atom. The zero-order valence-corrected chi connectivity index (χ0v) is 12.2. The second-order valence-electron chi connectivity index (χ2n) is 5.05. The molecule has 7 heteroatoms. The zero-order chi connectivity index (χ0) is 14.8. The summed E-state index contributed by atoms with van der Waals surface area (Å²) in [4.78, 5) is 25.7. The molecule has 0 saturated carbocycles. The van der Waals surface area contributed by atoms with Crippen molar-refractivity contribution in [1.82, 2.24) is 10.6 Å². The monoisotopic (exact) mass is 309 g/mol. The number of urea groups is 1. The van der Waals surface area contributed by atoms with Crippen LogP contribution in [-0.2, 0) is 4.79 Å². The highest BCUT2D eigenvalue weighted by Gasteiger charge is 2.29. The van der Waals surface area contributed by atoms with Crippen LogP contribution in [0.3, 0.4) is 0 Å².